The molecule has 1 aromatic carbocycles. The predicted octanol–water partition coefficient (Wildman–Crippen LogP) is 3.44. The van der Waals surface area contributed by atoms with Crippen molar-refractivity contribution >= 4 is 17.3 Å². The number of ketones is 2. The van der Waals surface area contributed by atoms with E-state index in [1.807, 2.05) is 20.8 Å². The van der Waals surface area contributed by atoms with Crippen molar-refractivity contribution < 1.29 is 14.5 Å². The molecule has 5 nitrogen and oxygen atoms in total. The molecule has 0 amide bonds. The minimum atomic E-state index is -0.552. The van der Waals surface area contributed by atoms with Gasteiger partial charge in [0.25, 0.3) is 5.69 Å². The normalized spacial score (nSPS) is 14.8. The standard InChI is InChI=1S/C16H19NO4/c1-16(2,3)11-6-7-12(13(8-11)17(20)21)15(19)9-14(18)10-4-5-10/h6-8,10H,4-5,9H2,1-3H3. The molecule has 2 rings (SSSR count). The van der Waals surface area contributed by atoms with Crippen molar-refractivity contribution in [2.24, 2.45) is 5.92 Å². The molecule has 112 valence electrons. The average Bonchev–Trinajstić information content (AvgIpc) is 3.20. The van der Waals surface area contributed by atoms with Crippen LogP contribution in [0.4, 0.5) is 5.69 Å². The second-order valence-corrected chi connectivity index (χ2v) is 6.58. The third-order valence-corrected chi connectivity index (χ3v) is 3.73. The molecular formula is C16H19NO4. The van der Waals surface area contributed by atoms with Crippen molar-refractivity contribution in [2.75, 3.05) is 0 Å². The van der Waals surface area contributed by atoms with E-state index in [1.165, 1.54) is 12.1 Å². The smallest absolute Gasteiger partial charge is 0.280 e. The fraction of sp³-hybridized carbons (Fsp3) is 0.500. The Morgan fingerprint density at radius 2 is 1.90 bits per heavy atom. The summed E-state index contributed by atoms with van der Waals surface area (Å²) < 4.78 is 0. The Kier molecular flexibility index (Phi) is 3.94. The van der Waals surface area contributed by atoms with Crippen LogP contribution in [0.3, 0.4) is 0 Å². The summed E-state index contributed by atoms with van der Waals surface area (Å²) in [7, 11) is 0. The number of hydrogen-bond acceptors (Lipinski definition) is 4. The van der Waals surface area contributed by atoms with E-state index in [0.717, 1.165) is 18.4 Å². The summed E-state index contributed by atoms with van der Waals surface area (Å²) >= 11 is 0. The first-order chi connectivity index (χ1) is 9.70. The lowest BCUT2D eigenvalue weighted by Crippen LogP contribution is -2.15. The van der Waals surface area contributed by atoms with Crippen molar-refractivity contribution in [2.45, 2.75) is 45.4 Å². The van der Waals surface area contributed by atoms with Crippen LogP contribution in [0.25, 0.3) is 0 Å². The molecule has 0 saturated heterocycles. The van der Waals surface area contributed by atoms with E-state index in [2.05, 4.69) is 0 Å². The molecule has 0 aromatic heterocycles. The fourth-order valence-electron chi connectivity index (χ4n) is 2.19. The van der Waals surface area contributed by atoms with Crippen molar-refractivity contribution in [3.63, 3.8) is 0 Å². The van der Waals surface area contributed by atoms with Gasteiger partial charge in [0.05, 0.1) is 16.9 Å². The Hall–Kier alpha value is -2.04. The second kappa shape index (κ2) is 5.39. The number of nitrogens with zero attached hydrogens (tertiary/aromatic N) is 1. The molecule has 21 heavy (non-hydrogen) atoms. The van der Waals surface area contributed by atoms with Gasteiger partial charge in [-0.3, -0.25) is 19.7 Å². The molecule has 1 fully saturated rings. The van der Waals surface area contributed by atoms with Gasteiger partial charge in [-0.25, -0.2) is 0 Å². The van der Waals surface area contributed by atoms with Crippen LogP contribution in [0, 0.1) is 16.0 Å². The highest BCUT2D eigenvalue weighted by Crippen LogP contribution is 2.33. The van der Waals surface area contributed by atoms with Crippen LogP contribution in [0.2, 0.25) is 0 Å². The Labute approximate surface area is 123 Å². The van der Waals surface area contributed by atoms with Crippen LogP contribution in [0.15, 0.2) is 18.2 Å². The van der Waals surface area contributed by atoms with Gasteiger partial charge in [-0.05, 0) is 29.9 Å². The first-order valence-electron chi connectivity index (χ1n) is 7.05. The lowest BCUT2D eigenvalue weighted by atomic mass is 9.85. The first kappa shape index (κ1) is 15.4. The van der Waals surface area contributed by atoms with E-state index in [1.54, 1.807) is 6.07 Å². The third-order valence-electron chi connectivity index (χ3n) is 3.73. The second-order valence-electron chi connectivity index (χ2n) is 6.58. The van der Waals surface area contributed by atoms with E-state index in [-0.39, 0.29) is 34.8 Å². The first-order valence-corrected chi connectivity index (χ1v) is 7.05. The molecule has 0 radical (unpaired) electrons. The van der Waals surface area contributed by atoms with E-state index < -0.39 is 10.7 Å². The van der Waals surface area contributed by atoms with E-state index in [9.17, 15) is 19.7 Å². The zero-order chi connectivity index (χ0) is 15.8. The summed E-state index contributed by atoms with van der Waals surface area (Å²) in [5.74, 6) is -0.574. The van der Waals surface area contributed by atoms with Crippen LogP contribution in [-0.4, -0.2) is 16.5 Å². The molecule has 0 unspecified atom stereocenters. The lowest BCUT2D eigenvalue weighted by Gasteiger charge is -2.19. The van der Waals surface area contributed by atoms with Gasteiger partial charge in [0, 0.05) is 12.0 Å². The largest absolute Gasteiger partial charge is 0.299 e. The van der Waals surface area contributed by atoms with Crippen LogP contribution in [0.5, 0.6) is 0 Å². The molecule has 0 bridgehead atoms. The molecule has 0 atom stereocenters. The summed E-state index contributed by atoms with van der Waals surface area (Å²) in [6.07, 6.45) is 1.43. The molecule has 1 saturated carbocycles. The van der Waals surface area contributed by atoms with Gasteiger partial charge in [0.2, 0.25) is 0 Å². The van der Waals surface area contributed by atoms with Crippen molar-refractivity contribution in [1.29, 1.82) is 0 Å². The van der Waals surface area contributed by atoms with Gasteiger partial charge in [-0.15, -0.1) is 0 Å². The summed E-state index contributed by atoms with van der Waals surface area (Å²) in [4.78, 5) is 34.5. The minimum absolute atomic E-state index is 0.0122. The van der Waals surface area contributed by atoms with Gasteiger partial charge >= 0.3 is 0 Å². The Morgan fingerprint density at radius 1 is 1.29 bits per heavy atom. The van der Waals surface area contributed by atoms with Crippen molar-refractivity contribution in [3.8, 4) is 0 Å². The number of nitro groups is 1. The summed E-state index contributed by atoms with van der Waals surface area (Å²) in [5.41, 5.74) is 0.369. The number of nitro benzene ring substituents is 1. The minimum Gasteiger partial charge on any atom is -0.299 e. The topological polar surface area (TPSA) is 77.3 Å². The average molecular weight is 289 g/mol. The number of benzene rings is 1. The third kappa shape index (κ3) is 3.54. The number of Topliss-reactive ketones (excluding diaryl/α,β-unsaturated/α-hetero) is 2. The highest BCUT2D eigenvalue weighted by Gasteiger charge is 2.32. The molecular weight excluding hydrogens is 270 g/mol. The van der Waals surface area contributed by atoms with Crippen LogP contribution in [0.1, 0.15) is 56.0 Å². The van der Waals surface area contributed by atoms with Gasteiger partial charge in [-0.1, -0.05) is 26.8 Å². The highest BCUT2D eigenvalue weighted by atomic mass is 16.6. The van der Waals surface area contributed by atoms with Gasteiger partial charge < -0.3 is 0 Å². The van der Waals surface area contributed by atoms with Crippen LogP contribution < -0.4 is 0 Å². The zero-order valence-corrected chi connectivity index (χ0v) is 12.5. The van der Waals surface area contributed by atoms with Crippen LogP contribution >= 0.6 is 0 Å². The number of carbonyl (C=O) groups excluding carboxylic acids is 2. The molecule has 0 heterocycles. The van der Waals surface area contributed by atoms with Crippen molar-refractivity contribution in [1.82, 2.24) is 0 Å². The van der Waals surface area contributed by atoms with E-state index in [4.69, 9.17) is 0 Å². The number of rotatable bonds is 5. The molecule has 0 N–H and O–H groups in total. The highest BCUT2D eigenvalue weighted by molar-refractivity contribution is 6.11. The Bertz CT molecular complexity index is 609. The van der Waals surface area contributed by atoms with Crippen LogP contribution in [-0.2, 0) is 10.2 Å². The maximum absolute atomic E-state index is 12.1. The molecule has 5 heteroatoms. The molecule has 1 aliphatic carbocycles. The maximum atomic E-state index is 12.1. The van der Waals surface area contributed by atoms with Gasteiger partial charge in [0.1, 0.15) is 5.78 Å². The number of hydrogen-bond donors (Lipinski definition) is 0. The molecule has 1 aliphatic rings. The summed E-state index contributed by atoms with van der Waals surface area (Å²) in [6, 6.07) is 4.64. The molecule has 0 spiro atoms. The summed E-state index contributed by atoms with van der Waals surface area (Å²) in [5, 5.41) is 11.2. The Morgan fingerprint density at radius 3 is 2.38 bits per heavy atom. The van der Waals surface area contributed by atoms with E-state index >= 15 is 0 Å². The monoisotopic (exact) mass is 289 g/mol. The SMILES string of the molecule is CC(C)(C)c1ccc(C(=O)CC(=O)C2CC2)c([N+](=O)[O-])c1. The predicted molar refractivity (Wildman–Crippen MR) is 78.5 cm³/mol. The van der Waals surface area contributed by atoms with E-state index in [0.29, 0.717) is 0 Å². The maximum Gasteiger partial charge on any atom is 0.280 e. The molecule has 1 aromatic rings. The van der Waals surface area contributed by atoms with Gasteiger partial charge in [0.15, 0.2) is 5.78 Å². The Balaban J connectivity index is 2.31. The fourth-order valence-corrected chi connectivity index (χ4v) is 2.19. The zero-order valence-electron chi connectivity index (χ0n) is 12.5. The quantitative estimate of drug-likeness (QED) is 0.360. The van der Waals surface area contributed by atoms with Gasteiger partial charge in [-0.2, -0.15) is 0 Å². The lowest BCUT2D eigenvalue weighted by molar-refractivity contribution is -0.385. The molecule has 0 aliphatic heterocycles. The van der Waals surface area contributed by atoms with Crippen molar-refractivity contribution in [3.05, 3.63) is 39.4 Å². The number of carbonyl (C=O) groups is 2. The summed E-state index contributed by atoms with van der Waals surface area (Å²) in [6.45, 7) is 5.85.